The molecule has 0 saturated heterocycles. The lowest BCUT2D eigenvalue weighted by molar-refractivity contribution is -0.121. The van der Waals surface area contributed by atoms with Crippen molar-refractivity contribution >= 4 is 24.6 Å². The highest BCUT2D eigenvalue weighted by Crippen LogP contribution is 2.13. The van der Waals surface area contributed by atoms with Crippen LogP contribution < -0.4 is 10.6 Å². The average Bonchev–Trinajstić information content (AvgIpc) is 3.05. The summed E-state index contributed by atoms with van der Waals surface area (Å²) in [5.74, 6) is -0.999. The van der Waals surface area contributed by atoms with E-state index in [0.29, 0.717) is 44.8 Å². The van der Waals surface area contributed by atoms with Gasteiger partial charge in [0.2, 0.25) is 11.8 Å². The van der Waals surface area contributed by atoms with E-state index in [2.05, 4.69) is 35.4 Å². The van der Waals surface area contributed by atoms with Crippen LogP contribution in [0.1, 0.15) is 42.9 Å². The smallest absolute Gasteiger partial charge is 0.426 e. The summed E-state index contributed by atoms with van der Waals surface area (Å²) in [6, 6.07) is 24.6. The zero-order chi connectivity index (χ0) is 33.4. The molecule has 0 fully saturated rings. The van der Waals surface area contributed by atoms with Crippen LogP contribution in [-0.4, -0.2) is 79.3 Å². The van der Waals surface area contributed by atoms with E-state index in [1.807, 2.05) is 68.4 Å². The molecule has 0 aliphatic heterocycles. The second kappa shape index (κ2) is 18.6. The number of benzene rings is 1. The molecule has 0 aliphatic carbocycles. The number of aromatic nitrogens is 3. The normalized spacial score (nSPS) is 11.9. The zero-order valence-corrected chi connectivity index (χ0v) is 27.1. The molecule has 4 aromatic rings. The lowest BCUT2D eigenvalue weighted by Crippen LogP contribution is -2.47. The van der Waals surface area contributed by atoms with Crippen molar-refractivity contribution in [2.24, 2.45) is 5.92 Å². The first kappa shape index (κ1) is 35.4. The minimum atomic E-state index is -1.62. The van der Waals surface area contributed by atoms with Crippen LogP contribution in [0, 0.1) is 5.92 Å². The first-order valence-corrected chi connectivity index (χ1v) is 15.9. The van der Waals surface area contributed by atoms with Crippen molar-refractivity contribution in [1.82, 2.24) is 30.1 Å². The molecule has 246 valence electrons. The van der Waals surface area contributed by atoms with Gasteiger partial charge in [-0.15, -0.1) is 0 Å². The molecule has 0 unspecified atom stereocenters. The molecule has 0 spiro atoms. The van der Waals surface area contributed by atoms with Gasteiger partial charge in [0, 0.05) is 57.0 Å². The van der Waals surface area contributed by atoms with Crippen molar-refractivity contribution in [3.8, 4) is 0 Å². The van der Waals surface area contributed by atoms with Crippen LogP contribution in [0.15, 0.2) is 97.5 Å². The Balaban J connectivity index is 1.37. The molecule has 47 heavy (non-hydrogen) atoms. The van der Waals surface area contributed by atoms with Gasteiger partial charge in [0.15, 0.2) is 0 Å². The van der Waals surface area contributed by atoms with Crippen molar-refractivity contribution in [2.45, 2.75) is 52.3 Å². The Kier molecular flexibility index (Phi) is 14.0. The lowest BCUT2D eigenvalue weighted by Gasteiger charge is -2.27. The molecular weight excluding hydrogens is 593 g/mol. The van der Waals surface area contributed by atoms with Crippen LogP contribution in [0.25, 0.3) is 0 Å². The van der Waals surface area contributed by atoms with E-state index >= 15 is 0 Å². The van der Waals surface area contributed by atoms with E-state index in [-0.39, 0.29) is 30.7 Å². The average molecular weight is 638 g/mol. The molecule has 3 aromatic heterocycles. The molecule has 1 aromatic carbocycles. The molecule has 0 aliphatic rings. The van der Waals surface area contributed by atoms with Gasteiger partial charge in [-0.3, -0.25) is 34.3 Å². The molecule has 12 heteroatoms. The monoisotopic (exact) mass is 637 g/mol. The number of nitrogens with zero attached hydrogens (tertiary/aromatic N) is 5. The number of carbonyl (C=O) groups excluding carboxylic acids is 2. The Morgan fingerprint density at radius 1 is 0.723 bits per heavy atom. The van der Waals surface area contributed by atoms with Crippen molar-refractivity contribution in [3.05, 3.63) is 120 Å². The van der Waals surface area contributed by atoms with E-state index in [1.165, 1.54) is 0 Å². The molecular formula is C35H44BN7O4. The number of pyridine rings is 3. The number of hydrogen-bond donors (Lipinski definition) is 4. The first-order valence-electron chi connectivity index (χ1n) is 15.9. The highest BCUT2D eigenvalue weighted by atomic mass is 16.4. The number of nitrogens with one attached hydrogen (secondary N) is 2. The van der Waals surface area contributed by atoms with Crippen LogP contribution in [0.3, 0.4) is 0 Å². The van der Waals surface area contributed by atoms with Crippen molar-refractivity contribution in [2.75, 3.05) is 25.0 Å². The molecule has 1 atom stereocenters. The van der Waals surface area contributed by atoms with Crippen molar-refractivity contribution in [3.63, 3.8) is 0 Å². The van der Waals surface area contributed by atoms with Gasteiger partial charge >= 0.3 is 7.12 Å². The summed E-state index contributed by atoms with van der Waals surface area (Å²) in [7, 11) is -1.62. The SMILES string of the molecule is CC(C)C[C@@H](NC(=O)Cc1ccc(NC(=O)CN(CCN(Cc2ccccn2)Cc2ccccn2)Cc2ccccn2)cc1)B(O)O. The third kappa shape index (κ3) is 13.0. The van der Waals surface area contributed by atoms with Crippen LogP contribution in [-0.2, 0) is 35.6 Å². The second-order valence-corrected chi connectivity index (χ2v) is 12.0. The highest BCUT2D eigenvalue weighted by Gasteiger charge is 2.26. The summed E-state index contributed by atoms with van der Waals surface area (Å²) in [6.07, 6.45) is 5.87. The Bertz CT molecular complexity index is 1460. The highest BCUT2D eigenvalue weighted by molar-refractivity contribution is 6.43. The summed E-state index contributed by atoms with van der Waals surface area (Å²) in [5, 5.41) is 24.9. The summed E-state index contributed by atoms with van der Waals surface area (Å²) < 4.78 is 0. The van der Waals surface area contributed by atoms with Gasteiger partial charge in [-0.2, -0.15) is 0 Å². The number of hydrogen-bond acceptors (Lipinski definition) is 9. The Morgan fingerprint density at radius 3 is 1.70 bits per heavy atom. The zero-order valence-electron chi connectivity index (χ0n) is 27.1. The maximum absolute atomic E-state index is 13.3. The summed E-state index contributed by atoms with van der Waals surface area (Å²) in [4.78, 5) is 43.6. The van der Waals surface area contributed by atoms with Gasteiger partial charge in [0.1, 0.15) is 0 Å². The van der Waals surface area contributed by atoms with E-state index < -0.39 is 13.1 Å². The number of carbonyl (C=O) groups is 2. The fourth-order valence-corrected chi connectivity index (χ4v) is 5.19. The molecule has 11 nitrogen and oxygen atoms in total. The van der Waals surface area contributed by atoms with Crippen molar-refractivity contribution in [1.29, 1.82) is 0 Å². The summed E-state index contributed by atoms with van der Waals surface area (Å²) in [6.45, 7) is 7.14. The van der Waals surface area contributed by atoms with E-state index in [0.717, 1.165) is 22.6 Å². The van der Waals surface area contributed by atoms with E-state index in [9.17, 15) is 19.6 Å². The molecule has 4 rings (SSSR count). The Hall–Kier alpha value is -4.49. The third-order valence-electron chi connectivity index (χ3n) is 7.47. The molecule has 3 heterocycles. The van der Waals surface area contributed by atoms with Gasteiger partial charge < -0.3 is 20.7 Å². The fourth-order valence-electron chi connectivity index (χ4n) is 5.19. The number of amides is 2. The predicted octanol–water partition coefficient (Wildman–Crippen LogP) is 3.10. The molecule has 2 amide bonds. The fraction of sp³-hybridized carbons (Fsp3) is 0.343. The maximum atomic E-state index is 13.3. The van der Waals surface area contributed by atoms with Crippen LogP contribution in [0.2, 0.25) is 0 Å². The third-order valence-corrected chi connectivity index (χ3v) is 7.47. The molecule has 4 N–H and O–H groups in total. The Morgan fingerprint density at radius 2 is 1.23 bits per heavy atom. The van der Waals surface area contributed by atoms with Crippen LogP contribution in [0.5, 0.6) is 0 Å². The first-order chi connectivity index (χ1) is 22.7. The summed E-state index contributed by atoms with van der Waals surface area (Å²) >= 11 is 0. The second-order valence-electron chi connectivity index (χ2n) is 12.0. The lowest BCUT2D eigenvalue weighted by atomic mass is 9.75. The van der Waals surface area contributed by atoms with Gasteiger partial charge in [0.25, 0.3) is 0 Å². The van der Waals surface area contributed by atoms with Crippen LogP contribution in [0.4, 0.5) is 5.69 Å². The summed E-state index contributed by atoms with van der Waals surface area (Å²) in [5.41, 5.74) is 4.15. The molecule has 0 bridgehead atoms. The molecule has 0 radical (unpaired) electrons. The maximum Gasteiger partial charge on any atom is 0.475 e. The topological polar surface area (TPSA) is 144 Å². The van der Waals surface area contributed by atoms with Gasteiger partial charge in [-0.25, -0.2) is 0 Å². The Labute approximate surface area is 277 Å². The van der Waals surface area contributed by atoms with Gasteiger partial charge in [-0.05, 0) is 66.4 Å². The van der Waals surface area contributed by atoms with Gasteiger partial charge in [0.05, 0.1) is 36.0 Å². The van der Waals surface area contributed by atoms with Gasteiger partial charge in [-0.1, -0.05) is 44.2 Å². The predicted molar refractivity (Wildman–Crippen MR) is 182 cm³/mol. The molecule has 0 saturated carbocycles. The van der Waals surface area contributed by atoms with E-state index in [4.69, 9.17) is 0 Å². The number of anilines is 1. The van der Waals surface area contributed by atoms with Crippen LogP contribution >= 0.6 is 0 Å². The largest absolute Gasteiger partial charge is 0.475 e. The standard InChI is InChI=1S/C35H44BN7O4/c1-27(2)21-33(36(46)47)41-34(44)22-28-12-14-29(15-13-28)40-35(45)26-43(25-32-11-5-8-18-39-32)20-19-42(23-30-9-3-6-16-37-30)24-31-10-4-7-17-38-31/h3-18,27,33,46-47H,19-26H2,1-2H3,(H,40,45)(H,41,44)/t33-/m1/s1. The minimum Gasteiger partial charge on any atom is -0.426 e. The van der Waals surface area contributed by atoms with E-state index in [1.54, 1.807) is 42.9 Å². The quantitative estimate of drug-likeness (QED) is 0.121. The number of rotatable bonds is 18. The minimum absolute atomic E-state index is 0.0842. The van der Waals surface area contributed by atoms with Crippen molar-refractivity contribution < 1.29 is 19.6 Å².